The fourth-order valence-electron chi connectivity index (χ4n) is 4.61. The van der Waals surface area contributed by atoms with E-state index in [1.165, 1.54) is 17.8 Å². The van der Waals surface area contributed by atoms with Crippen LogP contribution in [0.3, 0.4) is 0 Å². The molecular formula is C24H25FN8. The second-order valence-corrected chi connectivity index (χ2v) is 8.50. The Labute approximate surface area is 191 Å². The van der Waals surface area contributed by atoms with Crippen LogP contribution in [0.5, 0.6) is 0 Å². The van der Waals surface area contributed by atoms with E-state index in [1.807, 2.05) is 22.8 Å². The Bertz CT molecular complexity index is 1310. The number of hydrogen-bond acceptors (Lipinski definition) is 7. The van der Waals surface area contributed by atoms with E-state index in [-0.39, 0.29) is 12.0 Å². The van der Waals surface area contributed by atoms with Crippen LogP contribution in [-0.2, 0) is 0 Å². The van der Waals surface area contributed by atoms with Gasteiger partial charge >= 0.3 is 0 Å². The molecule has 0 amide bonds. The molecule has 1 unspecified atom stereocenters. The van der Waals surface area contributed by atoms with Crippen molar-refractivity contribution >= 4 is 34.3 Å². The van der Waals surface area contributed by atoms with Crippen molar-refractivity contribution in [2.24, 2.45) is 0 Å². The van der Waals surface area contributed by atoms with Crippen LogP contribution >= 0.6 is 0 Å². The van der Waals surface area contributed by atoms with Gasteiger partial charge in [-0.2, -0.15) is 9.97 Å². The van der Waals surface area contributed by atoms with Gasteiger partial charge in [-0.05, 0) is 43.2 Å². The highest BCUT2D eigenvalue weighted by Gasteiger charge is 2.26. The standard InChI is InChI=1S/C24H25FN8/c1-31-19-10-3-2-9-18(19)28-20(31)14-26-22-21-23(30-24(29-22)32-11-4-5-12-32)33(15-27-21)17-8-6-7-16(25)13-17/h2-3,6-10,13,15,20,28H,4-5,11-12,14H2,1H3,(H,26,29,30). The Morgan fingerprint density at radius 2 is 1.94 bits per heavy atom. The Morgan fingerprint density at radius 3 is 2.76 bits per heavy atom. The van der Waals surface area contributed by atoms with Gasteiger partial charge in [0.15, 0.2) is 17.0 Å². The van der Waals surface area contributed by atoms with E-state index >= 15 is 0 Å². The maximum absolute atomic E-state index is 13.9. The topological polar surface area (TPSA) is 74.1 Å². The van der Waals surface area contributed by atoms with Crippen molar-refractivity contribution in [2.45, 2.75) is 19.0 Å². The van der Waals surface area contributed by atoms with E-state index in [1.54, 1.807) is 12.4 Å². The zero-order chi connectivity index (χ0) is 22.4. The van der Waals surface area contributed by atoms with Gasteiger partial charge in [-0.25, -0.2) is 9.37 Å². The molecule has 0 aliphatic carbocycles. The minimum atomic E-state index is -0.295. The van der Waals surface area contributed by atoms with Crippen LogP contribution in [0.1, 0.15) is 12.8 Å². The molecular weight excluding hydrogens is 419 g/mol. The highest BCUT2D eigenvalue weighted by molar-refractivity contribution is 5.86. The van der Waals surface area contributed by atoms with Crippen molar-refractivity contribution in [1.82, 2.24) is 19.5 Å². The molecule has 2 aromatic carbocycles. The van der Waals surface area contributed by atoms with Crippen molar-refractivity contribution in [3.8, 4) is 5.69 Å². The molecule has 1 fully saturated rings. The molecule has 0 radical (unpaired) electrons. The van der Waals surface area contributed by atoms with Gasteiger partial charge in [0.25, 0.3) is 0 Å². The lowest BCUT2D eigenvalue weighted by Crippen LogP contribution is -2.38. The number of aromatic nitrogens is 4. The Kier molecular flexibility index (Phi) is 4.74. The summed E-state index contributed by atoms with van der Waals surface area (Å²) in [6.07, 6.45) is 4.01. The molecule has 1 saturated heterocycles. The Hall–Kier alpha value is -3.88. The monoisotopic (exact) mass is 444 g/mol. The molecule has 168 valence electrons. The van der Waals surface area contributed by atoms with E-state index in [0.29, 0.717) is 35.2 Å². The lowest BCUT2D eigenvalue weighted by Gasteiger charge is -2.23. The van der Waals surface area contributed by atoms with Crippen molar-refractivity contribution in [3.05, 3.63) is 60.7 Å². The number of nitrogens with one attached hydrogen (secondary N) is 2. The molecule has 33 heavy (non-hydrogen) atoms. The number of hydrogen-bond donors (Lipinski definition) is 2. The van der Waals surface area contributed by atoms with Gasteiger partial charge < -0.3 is 20.4 Å². The third kappa shape index (κ3) is 3.49. The molecule has 2 N–H and O–H groups in total. The molecule has 9 heteroatoms. The van der Waals surface area contributed by atoms with E-state index in [9.17, 15) is 4.39 Å². The smallest absolute Gasteiger partial charge is 0.229 e. The predicted molar refractivity (Wildman–Crippen MR) is 129 cm³/mol. The lowest BCUT2D eigenvalue weighted by molar-refractivity contribution is 0.626. The summed E-state index contributed by atoms with van der Waals surface area (Å²) in [4.78, 5) is 18.7. The number of rotatable bonds is 5. The minimum Gasteiger partial charge on any atom is -0.364 e. The summed E-state index contributed by atoms with van der Waals surface area (Å²) in [7, 11) is 2.08. The highest BCUT2D eigenvalue weighted by atomic mass is 19.1. The van der Waals surface area contributed by atoms with Crippen LogP contribution in [0.2, 0.25) is 0 Å². The van der Waals surface area contributed by atoms with Crippen LogP contribution in [0.15, 0.2) is 54.9 Å². The quantitative estimate of drug-likeness (QED) is 0.484. The van der Waals surface area contributed by atoms with E-state index < -0.39 is 0 Å². The molecule has 1 atom stereocenters. The van der Waals surface area contributed by atoms with Crippen LogP contribution in [0.4, 0.5) is 27.5 Å². The van der Waals surface area contributed by atoms with Crippen LogP contribution in [0.25, 0.3) is 16.9 Å². The molecule has 4 heterocycles. The zero-order valence-electron chi connectivity index (χ0n) is 18.4. The van der Waals surface area contributed by atoms with Crippen molar-refractivity contribution in [2.75, 3.05) is 47.1 Å². The van der Waals surface area contributed by atoms with Gasteiger partial charge in [0, 0.05) is 20.1 Å². The fourth-order valence-corrected chi connectivity index (χ4v) is 4.61. The van der Waals surface area contributed by atoms with E-state index in [2.05, 4.69) is 44.6 Å². The summed E-state index contributed by atoms with van der Waals surface area (Å²) in [6, 6.07) is 14.7. The molecule has 0 saturated carbocycles. The van der Waals surface area contributed by atoms with E-state index in [4.69, 9.17) is 9.97 Å². The normalized spacial score (nSPS) is 17.5. The van der Waals surface area contributed by atoms with Gasteiger partial charge in [0.1, 0.15) is 18.3 Å². The molecule has 8 nitrogen and oxygen atoms in total. The van der Waals surface area contributed by atoms with Gasteiger partial charge in [0.2, 0.25) is 5.95 Å². The first-order valence-electron chi connectivity index (χ1n) is 11.3. The van der Waals surface area contributed by atoms with Crippen molar-refractivity contribution in [3.63, 3.8) is 0 Å². The summed E-state index contributed by atoms with van der Waals surface area (Å²) < 4.78 is 15.7. The van der Waals surface area contributed by atoms with Crippen LogP contribution in [0, 0.1) is 5.82 Å². The first-order valence-corrected chi connectivity index (χ1v) is 11.3. The molecule has 0 spiro atoms. The Balaban J connectivity index is 1.36. The number of likely N-dealkylation sites (N-methyl/N-ethyl adjacent to an activating group) is 1. The molecule has 6 rings (SSSR count). The number of anilines is 4. The van der Waals surface area contributed by atoms with Gasteiger partial charge in [0.05, 0.1) is 23.6 Å². The highest BCUT2D eigenvalue weighted by Crippen LogP contribution is 2.33. The number of benzene rings is 2. The average molecular weight is 445 g/mol. The number of nitrogens with zero attached hydrogens (tertiary/aromatic N) is 6. The summed E-state index contributed by atoms with van der Waals surface area (Å²) in [5.41, 5.74) is 4.30. The lowest BCUT2D eigenvalue weighted by atomic mass is 10.3. The number of para-hydroxylation sites is 2. The summed E-state index contributed by atoms with van der Waals surface area (Å²) >= 11 is 0. The summed E-state index contributed by atoms with van der Waals surface area (Å²) in [5.74, 6) is 1.07. The van der Waals surface area contributed by atoms with Gasteiger partial charge in [-0.1, -0.05) is 18.2 Å². The third-order valence-electron chi connectivity index (χ3n) is 6.40. The third-order valence-corrected chi connectivity index (χ3v) is 6.40. The maximum atomic E-state index is 13.9. The number of halogens is 1. The minimum absolute atomic E-state index is 0.0768. The number of fused-ring (bicyclic) bond motifs is 2. The predicted octanol–water partition coefficient (Wildman–Crippen LogP) is 3.85. The SMILES string of the molecule is CN1c2ccccc2NC1CNc1nc(N2CCCC2)nc2c1ncn2-c1cccc(F)c1. The van der Waals surface area contributed by atoms with Crippen molar-refractivity contribution in [1.29, 1.82) is 0 Å². The fraction of sp³-hybridized carbons (Fsp3) is 0.292. The van der Waals surface area contributed by atoms with Crippen molar-refractivity contribution < 1.29 is 4.39 Å². The Morgan fingerprint density at radius 1 is 1.09 bits per heavy atom. The molecule has 0 bridgehead atoms. The van der Waals surface area contributed by atoms with Crippen LogP contribution < -0.4 is 20.4 Å². The maximum Gasteiger partial charge on any atom is 0.229 e. The molecule has 2 aliphatic heterocycles. The second-order valence-electron chi connectivity index (χ2n) is 8.50. The molecule has 2 aromatic heterocycles. The van der Waals surface area contributed by atoms with Crippen LogP contribution in [-0.4, -0.2) is 52.4 Å². The summed E-state index contributed by atoms with van der Waals surface area (Å²) in [6.45, 7) is 2.49. The zero-order valence-corrected chi connectivity index (χ0v) is 18.4. The first-order chi connectivity index (χ1) is 16.2. The average Bonchev–Trinajstić information content (AvgIpc) is 3.57. The van der Waals surface area contributed by atoms with Gasteiger partial charge in [-0.15, -0.1) is 0 Å². The second kappa shape index (κ2) is 7.91. The number of imidazole rings is 1. The molecule has 4 aromatic rings. The largest absolute Gasteiger partial charge is 0.364 e. The first kappa shape index (κ1) is 19.8. The van der Waals surface area contributed by atoms with Gasteiger partial charge in [-0.3, -0.25) is 4.57 Å². The summed E-state index contributed by atoms with van der Waals surface area (Å²) in [5, 5.41) is 7.05. The van der Waals surface area contributed by atoms with E-state index in [0.717, 1.165) is 31.6 Å². The molecule has 2 aliphatic rings.